The quantitative estimate of drug-likeness (QED) is 0.848. The van der Waals surface area contributed by atoms with Crippen molar-refractivity contribution in [2.24, 2.45) is 0 Å². The van der Waals surface area contributed by atoms with Crippen LogP contribution in [0.4, 0.5) is 11.5 Å². The lowest BCUT2D eigenvalue weighted by atomic mass is 10.1. The minimum Gasteiger partial charge on any atom is -0.384 e. The number of amides is 1. The van der Waals surface area contributed by atoms with E-state index in [0.29, 0.717) is 11.6 Å². The highest BCUT2D eigenvalue weighted by atomic mass is 32.2. The lowest BCUT2D eigenvalue weighted by Crippen LogP contribution is -2.14. The largest absolute Gasteiger partial charge is 0.384 e. The average Bonchev–Trinajstić information content (AvgIpc) is 2.37. The van der Waals surface area contributed by atoms with E-state index in [4.69, 9.17) is 5.73 Å². The first-order valence-corrected chi connectivity index (χ1v) is 7.24. The third-order valence-electron chi connectivity index (χ3n) is 2.63. The van der Waals surface area contributed by atoms with Crippen LogP contribution in [0.1, 0.15) is 11.1 Å². The van der Waals surface area contributed by atoms with Crippen molar-refractivity contribution in [3.05, 3.63) is 47.7 Å². The summed E-state index contributed by atoms with van der Waals surface area (Å²) in [5, 5.41) is 2.90. The van der Waals surface area contributed by atoms with Gasteiger partial charge in [-0.1, -0.05) is 6.07 Å². The van der Waals surface area contributed by atoms with E-state index < -0.39 is 0 Å². The molecule has 1 amide bonds. The van der Waals surface area contributed by atoms with Crippen molar-refractivity contribution in [1.82, 2.24) is 4.98 Å². The van der Waals surface area contributed by atoms with Gasteiger partial charge in [0.15, 0.2) is 0 Å². The van der Waals surface area contributed by atoms with E-state index in [1.807, 2.05) is 32.0 Å². The number of rotatable bonds is 4. The summed E-state index contributed by atoms with van der Waals surface area (Å²) in [6.45, 7) is 4.02. The monoisotopic (exact) mass is 287 g/mol. The lowest BCUT2D eigenvalue weighted by Gasteiger charge is -2.07. The highest BCUT2D eigenvalue weighted by molar-refractivity contribution is 8.00. The fraction of sp³-hybridized carbons (Fsp3) is 0.200. The molecular formula is C15H17N3OS. The van der Waals surface area contributed by atoms with Crippen molar-refractivity contribution in [1.29, 1.82) is 0 Å². The molecule has 0 bridgehead atoms. The minimum atomic E-state index is -0.0307. The summed E-state index contributed by atoms with van der Waals surface area (Å²) < 4.78 is 0. The summed E-state index contributed by atoms with van der Waals surface area (Å²) in [6.07, 6.45) is 1.67. The molecule has 3 N–H and O–H groups in total. The van der Waals surface area contributed by atoms with Crippen molar-refractivity contribution in [2.75, 3.05) is 16.8 Å². The zero-order valence-corrected chi connectivity index (χ0v) is 12.3. The van der Waals surface area contributed by atoms with Crippen molar-refractivity contribution in [3.63, 3.8) is 0 Å². The normalized spacial score (nSPS) is 10.3. The van der Waals surface area contributed by atoms with Crippen LogP contribution in [0.5, 0.6) is 0 Å². The molecule has 0 fully saturated rings. The molecule has 20 heavy (non-hydrogen) atoms. The molecule has 0 saturated carbocycles. The number of thioether (sulfide) groups is 1. The second-order valence-electron chi connectivity index (χ2n) is 4.63. The van der Waals surface area contributed by atoms with Crippen LogP contribution in [-0.4, -0.2) is 16.6 Å². The molecule has 4 nitrogen and oxygen atoms in total. The maximum Gasteiger partial charge on any atom is 0.234 e. The summed E-state index contributed by atoms with van der Waals surface area (Å²) in [5.74, 6) is 0.796. The van der Waals surface area contributed by atoms with Crippen molar-refractivity contribution in [2.45, 2.75) is 18.7 Å². The Morgan fingerprint density at radius 1 is 1.25 bits per heavy atom. The van der Waals surface area contributed by atoms with Gasteiger partial charge in [-0.15, -0.1) is 11.8 Å². The van der Waals surface area contributed by atoms with E-state index in [1.54, 1.807) is 12.3 Å². The number of nitrogens with two attached hydrogens (primary N) is 1. The van der Waals surface area contributed by atoms with E-state index in [9.17, 15) is 4.79 Å². The molecule has 1 heterocycles. The zero-order valence-electron chi connectivity index (χ0n) is 11.5. The number of hydrogen-bond acceptors (Lipinski definition) is 4. The number of aryl methyl sites for hydroxylation is 2. The maximum atomic E-state index is 11.9. The number of carbonyl (C=O) groups excluding carboxylic acids is 1. The summed E-state index contributed by atoms with van der Waals surface area (Å²) >= 11 is 1.43. The van der Waals surface area contributed by atoms with Crippen LogP contribution in [0.3, 0.4) is 0 Å². The molecule has 0 aliphatic carbocycles. The van der Waals surface area contributed by atoms with Crippen LogP contribution in [0, 0.1) is 13.8 Å². The number of benzene rings is 1. The number of aromatic nitrogens is 1. The Bertz CT molecular complexity index is 591. The van der Waals surface area contributed by atoms with Gasteiger partial charge in [0.2, 0.25) is 5.91 Å². The summed E-state index contributed by atoms with van der Waals surface area (Å²) in [5.41, 5.74) is 8.62. The van der Waals surface area contributed by atoms with Gasteiger partial charge in [-0.05, 0) is 49.2 Å². The molecule has 0 unspecified atom stereocenters. The summed E-state index contributed by atoms with van der Waals surface area (Å²) in [7, 11) is 0. The van der Waals surface area contributed by atoms with Crippen LogP contribution in [0.25, 0.3) is 0 Å². The van der Waals surface area contributed by atoms with Gasteiger partial charge in [0.25, 0.3) is 0 Å². The van der Waals surface area contributed by atoms with Gasteiger partial charge in [-0.3, -0.25) is 4.79 Å². The van der Waals surface area contributed by atoms with E-state index >= 15 is 0 Å². The van der Waals surface area contributed by atoms with Gasteiger partial charge in [-0.25, -0.2) is 4.98 Å². The van der Waals surface area contributed by atoms with Crippen LogP contribution in [0.2, 0.25) is 0 Å². The fourth-order valence-corrected chi connectivity index (χ4v) is 2.53. The molecule has 0 aliphatic heterocycles. The minimum absolute atomic E-state index is 0.0307. The van der Waals surface area contributed by atoms with Crippen LogP contribution < -0.4 is 11.1 Å². The van der Waals surface area contributed by atoms with E-state index in [1.165, 1.54) is 11.8 Å². The SMILES string of the molecule is Cc1cc(C)cc(NC(=O)CSc2ccc(N)nc2)c1. The number of nitrogens with one attached hydrogen (secondary N) is 1. The molecular weight excluding hydrogens is 270 g/mol. The molecule has 0 spiro atoms. The van der Waals surface area contributed by atoms with Gasteiger partial charge in [0.05, 0.1) is 5.75 Å². The van der Waals surface area contributed by atoms with E-state index in [2.05, 4.69) is 16.4 Å². The molecule has 0 aliphatic rings. The van der Waals surface area contributed by atoms with Crippen molar-refractivity contribution >= 4 is 29.2 Å². The van der Waals surface area contributed by atoms with Crippen LogP contribution in [-0.2, 0) is 4.79 Å². The molecule has 2 rings (SSSR count). The smallest absolute Gasteiger partial charge is 0.234 e. The highest BCUT2D eigenvalue weighted by Gasteiger charge is 2.05. The first kappa shape index (κ1) is 14.4. The maximum absolute atomic E-state index is 11.9. The van der Waals surface area contributed by atoms with Crippen molar-refractivity contribution < 1.29 is 4.79 Å². The van der Waals surface area contributed by atoms with E-state index in [0.717, 1.165) is 21.7 Å². The Morgan fingerprint density at radius 3 is 2.55 bits per heavy atom. The molecule has 2 aromatic rings. The van der Waals surface area contributed by atoms with Crippen molar-refractivity contribution in [3.8, 4) is 0 Å². The molecule has 104 valence electrons. The van der Waals surface area contributed by atoms with Crippen LogP contribution >= 0.6 is 11.8 Å². The predicted molar refractivity (Wildman–Crippen MR) is 83.9 cm³/mol. The molecule has 0 atom stereocenters. The summed E-state index contributed by atoms with van der Waals surface area (Å²) in [4.78, 5) is 16.8. The topological polar surface area (TPSA) is 68.0 Å². The number of nitrogens with zero attached hydrogens (tertiary/aromatic N) is 1. The number of hydrogen-bond donors (Lipinski definition) is 2. The average molecular weight is 287 g/mol. The molecule has 1 aromatic carbocycles. The van der Waals surface area contributed by atoms with Gasteiger partial charge >= 0.3 is 0 Å². The number of nitrogen functional groups attached to an aromatic ring is 1. The second kappa shape index (κ2) is 6.43. The molecule has 0 saturated heterocycles. The standard InChI is InChI=1S/C15H17N3OS/c1-10-5-11(2)7-12(6-10)18-15(19)9-20-13-3-4-14(16)17-8-13/h3-8H,9H2,1-2H3,(H2,16,17)(H,18,19). The number of pyridine rings is 1. The number of anilines is 2. The molecule has 1 aromatic heterocycles. The predicted octanol–water partition coefficient (Wildman–Crippen LogP) is 3.01. The first-order chi connectivity index (χ1) is 9.52. The Hall–Kier alpha value is -2.01. The Morgan fingerprint density at radius 2 is 1.95 bits per heavy atom. The Balaban J connectivity index is 1.90. The highest BCUT2D eigenvalue weighted by Crippen LogP contribution is 2.18. The van der Waals surface area contributed by atoms with Gasteiger partial charge in [0.1, 0.15) is 5.82 Å². The fourth-order valence-electron chi connectivity index (χ4n) is 1.87. The van der Waals surface area contributed by atoms with Gasteiger partial charge in [0, 0.05) is 16.8 Å². The van der Waals surface area contributed by atoms with E-state index in [-0.39, 0.29) is 5.91 Å². The zero-order chi connectivity index (χ0) is 14.5. The van der Waals surface area contributed by atoms with Gasteiger partial charge < -0.3 is 11.1 Å². The third kappa shape index (κ3) is 4.28. The Labute approximate surface area is 122 Å². The first-order valence-electron chi connectivity index (χ1n) is 6.25. The second-order valence-corrected chi connectivity index (χ2v) is 5.68. The Kier molecular flexibility index (Phi) is 4.63. The number of carbonyl (C=O) groups is 1. The third-order valence-corrected chi connectivity index (χ3v) is 3.62. The summed E-state index contributed by atoms with van der Waals surface area (Å²) in [6, 6.07) is 9.58. The van der Waals surface area contributed by atoms with Gasteiger partial charge in [-0.2, -0.15) is 0 Å². The molecule has 0 radical (unpaired) electrons. The van der Waals surface area contributed by atoms with Crippen LogP contribution in [0.15, 0.2) is 41.4 Å². The lowest BCUT2D eigenvalue weighted by molar-refractivity contribution is -0.113. The molecule has 5 heteroatoms.